The van der Waals surface area contributed by atoms with Gasteiger partial charge in [0.15, 0.2) is 0 Å². The zero-order chi connectivity index (χ0) is 17.2. The van der Waals surface area contributed by atoms with Crippen molar-refractivity contribution in [3.63, 3.8) is 0 Å². The molecule has 0 N–H and O–H groups in total. The van der Waals surface area contributed by atoms with Crippen molar-refractivity contribution >= 4 is 27.3 Å². The molecule has 1 aromatic heterocycles. The Labute approximate surface area is 143 Å². The molecule has 0 radical (unpaired) electrons. The molecule has 3 rings (SSSR count). The largest absolute Gasteiger partial charge is 0.465 e. The lowest BCUT2D eigenvalue weighted by atomic mass is 10.2. The molecule has 9 heteroatoms. The van der Waals surface area contributed by atoms with Gasteiger partial charge in [-0.2, -0.15) is 4.31 Å². The van der Waals surface area contributed by atoms with E-state index < -0.39 is 16.0 Å². The summed E-state index contributed by atoms with van der Waals surface area (Å²) in [4.78, 5) is 15.6. The zero-order valence-electron chi connectivity index (χ0n) is 12.9. The van der Waals surface area contributed by atoms with E-state index in [0.717, 1.165) is 0 Å². The van der Waals surface area contributed by atoms with E-state index in [9.17, 15) is 13.2 Å². The summed E-state index contributed by atoms with van der Waals surface area (Å²) in [5.41, 5.74) is 0.308. The summed E-state index contributed by atoms with van der Waals surface area (Å²) in [5, 5.41) is 2.35. The van der Waals surface area contributed by atoms with Crippen LogP contribution in [0.2, 0.25) is 0 Å². The monoisotopic (exact) mass is 368 g/mol. The van der Waals surface area contributed by atoms with E-state index in [2.05, 4.69) is 9.72 Å². The van der Waals surface area contributed by atoms with Crippen LogP contribution < -0.4 is 4.74 Å². The maximum Gasteiger partial charge on any atom is 0.337 e. The molecule has 2 heterocycles. The highest BCUT2D eigenvalue weighted by molar-refractivity contribution is 7.89. The van der Waals surface area contributed by atoms with Crippen LogP contribution in [0.4, 0.5) is 0 Å². The summed E-state index contributed by atoms with van der Waals surface area (Å²) < 4.78 is 37.0. The molecule has 1 aromatic carbocycles. The molecule has 1 atom stereocenters. The van der Waals surface area contributed by atoms with Crippen molar-refractivity contribution in [2.45, 2.75) is 17.4 Å². The Morgan fingerprint density at radius 3 is 2.71 bits per heavy atom. The number of benzene rings is 1. The molecule has 1 aliphatic rings. The molecule has 1 fully saturated rings. The number of nitrogens with zero attached hydrogens (tertiary/aromatic N) is 2. The Balaban J connectivity index is 1.70. The van der Waals surface area contributed by atoms with Crippen LogP contribution in [0.15, 0.2) is 40.7 Å². The fourth-order valence-electron chi connectivity index (χ4n) is 2.45. The van der Waals surface area contributed by atoms with Crippen molar-refractivity contribution in [3.05, 3.63) is 41.4 Å². The molecule has 24 heavy (non-hydrogen) atoms. The van der Waals surface area contributed by atoms with Crippen molar-refractivity contribution < 1.29 is 22.7 Å². The highest BCUT2D eigenvalue weighted by Crippen LogP contribution is 2.25. The summed E-state index contributed by atoms with van der Waals surface area (Å²) >= 11 is 1.38. The lowest BCUT2D eigenvalue weighted by molar-refractivity contribution is 0.0600. The Kier molecular flexibility index (Phi) is 4.83. The van der Waals surface area contributed by atoms with Crippen LogP contribution in [-0.4, -0.2) is 50.0 Å². The van der Waals surface area contributed by atoms with Gasteiger partial charge in [0.2, 0.25) is 10.0 Å². The molecule has 0 amide bonds. The van der Waals surface area contributed by atoms with Gasteiger partial charge < -0.3 is 9.47 Å². The molecular formula is C15H16N2O5S2. The average Bonchev–Trinajstić information content (AvgIpc) is 3.27. The van der Waals surface area contributed by atoms with E-state index >= 15 is 0 Å². The number of thiazole rings is 1. The fourth-order valence-corrected chi connectivity index (χ4v) is 4.49. The first kappa shape index (κ1) is 16.9. The van der Waals surface area contributed by atoms with E-state index in [0.29, 0.717) is 23.7 Å². The van der Waals surface area contributed by atoms with Gasteiger partial charge in [-0.1, -0.05) is 11.3 Å². The molecule has 1 aliphatic heterocycles. The van der Waals surface area contributed by atoms with Gasteiger partial charge in [-0.25, -0.2) is 18.2 Å². The molecule has 1 saturated heterocycles. The highest BCUT2D eigenvalue weighted by Gasteiger charge is 2.34. The van der Waals surface area contributed by atoms with Gasteiger partial charge in [0, 0.05) is 18.1 Å². The molecule has 0 saturated carbocycles. The summed E-state index contributed by atoms with van der Waals surface area (Å²) in [6.45, 7) is 0.664. The van der Waals surface area contributed by atoms with Crippen LogP contribution in [0.3, 0.4) is 0 Å². The van der Waals surface area contributed by atoms with Gasteiger partial charge in [0.1, 0.15) is 6.10 Å². The number of esters is 1. The Bertz CT molecular complexity index is 803. The first-order valence-corrected chi connectivity index (χ1v) is 9.57. The van der Waals surface area contributed by atoms with E-state index in [1.54, 1.807) is 6.20 Å². The second kappa shape index (κ2) is 6.88. The lowest BCUT2D eigenvalue weighted by Gasteiger charge is -2.16. The predicted octanol–water partition coefficient (Wildman–Crippen LogP) is 1.77. The van der Waals surface area contributed by atoms with Crippen molar-refractivity contribution in [3.8, 4) is 5.19 Å². The number of sulfonamides is 1. The highest BCUT2D eigenvalue weighted by atomic mass is 32.2. The van der Waals surface area contributed by atoms with Crippen LogP contribution in [-0.2, 0) is 14.8 Å². The van der Waals surface area contributed by atoms with Crippen LogP contribution in [0.5, 0.6) is 5.19 Å². The van der Waals surface area contributed by atoms with E-state index in [1.165, 1.54) is 47.0 Å². The van der Waals surface area contributed by atoms with Crippen LogP contribution in [0.1, 0.15) is 16.8 Å². The standard InChI is InChI=1S/C15H16N2O5S2/c1-21-14(18)11-2-4-13(5-3-11)24(19,20)17-8-6-12(10-17)22-15-16-7-9-23-15/h2-5,7,9,12H,6,8,10H2,1H3. The summed E-state index contributed by atoms with van der Waals surface area (Å²) in [6.07, 6.45) is 2.05. The Hall–Kier alpha value is -1.97. The topological polar surface area (TPSA) is 85.8 Å². The number of aromatic nitrogens is 1. The molecule has 2 aromatic rings. The van der Waals surface area contributed by atoms with Gasteiger partial charge in [-0.15, -0.1) is 0 Å². The number of carbonyl (C=O) groups excluding carboxylic acids is 1. The molecule has 0 aliphatic carbocycles. The summed E-state index contributed by atoms with van der Waals surface area (Å²) in [7, 11) is -2.34. The van der Waals surface area contributed by atoms with Crippen molar-refractivity contribution in [1.29, 1.82) is 0 Å². The summed E-state index contributed by atoms with van der Waals surface area (Å²) in [5.74, 6) is -0.503. The van der Waals surface area contributed by atoms with Crippen LogP contribution in [0, 0.1) is 0 Å². The van der Waals surface area contributed by atoms with Gasteiger partial charge >= 0.3 is 5.97 Å². The van der Waals surface area contributed by atoms with Crippen molar-refractivity contribution in [1.82, 2.24) is 9.29 Å². The molecule has 128 valence electrons. The third-order valence-electron chi connectivity index (χ3n) is 3.70. The van der Waals surface area contributed by atoms with E-state index in [4.69, 9.17) is 4.74 Å². The Morgan fingerprint density at radius 1 is 1.33 bits per heavy atom. The molecule has 0 bridgehead atoms. The van der Waals surface area contributed by atoms with E-state index in [1.807, 2.05) is 5.38 Å². The second-order valence-electron chi connectivity index (χ2n) is 5.21. The van der Waals surface area contributed by atoms with Crippen molar-refractivity contribution in [2.24, 2.45) is 0 Å². The van der Waals surface area contributed by atoms with Crippen LogP contribution in [0.25, 0.3) is 0 Å². The molecular weight excluding hydrogens is 352 g/mol. The van der Waals surface area contributed by atoms with E-state index in [-0.39, 0.29) is 17.5 Å². The number of methoxy groups -OCH3 is 1. The zero-order valence-corrected chi connectivity index (χ0v) is 14.5. The fraction of sp³-hybridized carbons (Fsp3) is 0.333. The molecule has 0 spiro atoms. The average molecular weight is 368 g/mol. The molecule has 1 unspecified atom stereocenters. The number of hydrogen-bond donors (Lipinski definition) is 0. The molecule has 7 nitrogen and oxygen atoms in total. The van der Waals surface area contributed by atoms with Gasteiger partial charge in [0.25, 0.3) is 5.19 Å². The first-order chi connectivity index (χ1) is 11.5. The maximum atomic E-state index is 12.7. The number of ether oxygens (including phenoxy) is 2. The van der Waals surface area contributed by atoms with Crippen LogP contribution >= 0.6 is 11.3 Å². The lowest BCUT2D eigenvalue weighted by Crippen LogP contribution is -2.31. The second-order valence-corrected chi connectivity index (χ2v) is 8.00. The predicted molar refractivity (Wildman–Crippen MR) is 87.7 cm³/mol. The van der Waals surface area contributed by atoms with Crippen molar-refractivity contribution in [2.75, 3.05) is 20.2 Å². The normalized spacial score (nSPS) is 18.5. The number of hydrogen-bond acceptors (Lipinski definition) is 7. The number of rotatable bonds is 5. The Morgan fingerprint density at radius 2 is 2.08 bits per heavy atom. The minimum atomic E-state index is -3.62. The third-order valence-corrected chi connectivity index (χ3v) is 6.24. The quantitative estimate of drug-likeness (QED) is 0.748. The minimum Gasteiger partial charge on any atom is -0.465 e. The summed E-state index contributed by atoms with van der Waals surface area (Å²) in [6, 6.07) is 5.71. The number of carbonyl (C=O) groups is 1. The first-order valence-electron chi connectivity index (χ1n) is 7.25. The smallest absolute Gasteiger partial charge is 0.337 e. The minimum absolute atomic E-state index is 0.144. The SMILES string of the molecule is COC(=O)c1ccc(S(=O)(=O)N2CCC(Oc3nccs3)C2)cc1. The van der Waals surface area contributed by atoms with Gasteiger partial charge in [-0.3, -0.25) is 0 Å². The van der Waals surface area contributed by atoms with Gasteiger partial charge in [0.05, 0.1) is 24.1 Å². The maximum absolute atomic E-state index is 12.7. The van der Waals surface area contributed by atoms with Gasteiger partial charge in [-0.05, 0) is 30.7 Å². The third kappa shape index (κ3) is 3.42.